The van der Waals surface area contributed by atoms with Crippen LogP contribution in [0.5, 0.6) is 46.0 Å². The summed E-state index contributed by atoms with van der Waals surface area (Å²) in [6, 6.07) is 41.5. The molecule has 400 valence electrons. The van der Waals surface area contributed by atoms with Crippen LogP contribution < -0.4 is 35.5 Å². The van der Waals surface area contributed by atoms with Gasteiger partial charge >= 0.3 is 11.9 Å². The molecule has 14 nitrogen and oxygen atoms in total. The van der Waals surface area contributed by atoms with E-state index >= 15 is 0 Å². The van der Waals surface area contributed by atoms with E-state index in [0.717, 1.165) is 96.7 Å². The second-order valence-corrected chi connectivity index (χ2v) is 21.5. The summed E-state index contributed by atoms with van der Waals surface area (Å²) >= 11 is 0. The standard InChI is InChI=1S/C26H27N3O.C20H16N2O3.C20H14O5/c27-15-22-20-13-16-5-1-9-28-11-3-7-18(23(16)28)25(20)30-26-19-8-4-12-29-10-2-6-17(24(19)29)14-21(22)26;2*21-11-5-7-15-17(9-11)25-18-10-12(22)6-8-16(18)19(15)13-3-1-2-4-14(13)20(23)24/h13-14,22H,1-12H2;1-10,19H,21-22H2,(H,23,24);1-10,19,21-22H,(H,23,24). The van der Waals surface area contributed by atoms with Crippen LogP contribution in [0.15, 0.2) is 133 Å². The zero-order valence-electron chi connectivity index (χ0n) is 43.7. The van der Waals surface area contributed by atoms with Crippen molar-refractivity contribution in [3.63, 3.8) is 0 Å². The van der Waals surface area contributed by atoms with Gasteiger partial charge in [-0.1, -0.05) is 60.7 Å². The second-order valence-electron chi connectivity index (χ2n) is 21.5. The van der Waals surface area contributed by atoms with E-state index in [4.69, 9.17) is 25.7 Å². The van der Waals surface area contributed by atoms with Gasteiger partial charge in [-0.3, -0.25) is 0 Å². The molecule has 80 heavy (non-hydrogen) atoms. The maximum absolute atomic E-state index is 11.7. The van der Waals surface area contributed by atoms with Gasteiger partial charge in [0.2, 0.25) is 0 Å². The Morgan fingerprint density at radius 2 is 0.863 bits per heavy atom. The number of nitrogen functional groups attached to an aromatic ring is 2. The van der Waals surface area contributed by atoms with Gasteiger partial charge in [0.15, 0.2) is 0 Å². The molecule has 15 rings (SSSR count). The van der Waals surface area contributed by atoms with E-state index in [1.807, 2.05) is 24.3 Å². The molecule has 0 saturated heterocycles. The lowest BCUT2D eigenvalue weighted by Gasteiger charge is -2.42. The van der Waals surface area contributed by atoms with Gasteiger partial charge in [-0.2, -0.15) is 5.26 Å². The summed E-state index contributed by atoms with van der Waals surface area (Å²) in [5.74, 6) is 1.39. The number of ether oxygens (including phenoxy) is 3. The van der Waals surface area contributed by atoms with E-state index in [1.54, 1.807) is 84.9 Å². The smallest absolute Gasteiger partial charge is 0.335 e. The Hall–Kier alpha value is -9.61. The number of phenols is 2. The molecule has 0 aliphatic carbocycles. The lowest BCUT2D eigenvalue weighted by molar-refractivity contribution is 0.0684. The maximum atomic E-state index is 11.7. The molecule has 8 aromatic carbocycles. The fourth-order valence-corrected chi connectivity index (χ4v) is 13.4. The van der Waals surface area contributed by atoms with Gasteiger partial charge in [0.05, 0.1) is 17.2 Å². The quantitative estimate of drug-likeness (QED) is 0.0902. The zero-order valence-corrected chi connectivity index (χ0v) is 43.7. The van der Waals surface area contributed by atoms with Gasteiger partial charge in [0, 0.05) is 130 Å². The van der Waals surface area contributed by atoms with E-state index in [9.17, 15) is 35.3 Å². The summed E-state index contributed by atoms with van der Waals surface area (Å²) in [6.07, 6.45) is 9.19. The fraction of sp³-hybridized carbons (Fsp3) is 0.227. The largest absolute Gasteiger partial charge is 0.508 e. The first-order chi connectivity index (χ1) is 38.9. The van der Waals surface area contributed by atoms with Gasteiger partial charge in [0.25, 0.3) is 0 Å². The van der Waals surface area contributed by atoms with E-state index in [0.29, 0.717) is 45.5 Å². The zero-order chi connectivity index (χ0) is 54.9. The number of hydrogen-bond donors (Lipinski definition) is 6. The minimum absolute atomic E-state index is 0.0487. The number of carboxylic acid groups (broad SMARTS) is 2. The number of nitrogens with zero attached hydrogens (tertiary/aromatic N) is 3. The molecular weight excluding hydrogens is 1010 g/mol. The van der Waals surface area contributed by atoms with Crippen molar-refractivity contribution in [2.24, 2.45) is 0 Å². The molecule has 0 aromatic heterocycles. The predicted octanol–water partition coefficient (Wildman–Crippen LogP) is 12.8. The number of nitrogens with two attached hydrogens (primary N) is 2. The average Bonchev–Trinajstić information content (AvgIpc) is 3.56. The van der Waals surface area contributed by atoms with Crippen LogP contribution in [0.25, 0.3) is 0 Å². The summed E-state index contributed by atoms with van der Waals surface area (Å²) in [5.41, 5.74) is 28.7. The number of hydrogen-bond acceptors (Lipinski definition) is 12. The maximum Gasteiger partial charge on any atom is 0.335 e. The third-order valence-corrected chi connectivity index (χ3v) is 16.7. The highest BCUT2D eigenvalue weighted by Crippen LogP contribution is 2.56. The van der Waals surface area contributed by atoms with Crippen molar-refractivity contribution in [1.82, 2.24) is 0 Å². The summed E-state index contributed by atoms with van der Waals surface area (Å²) in [5, 5.41) is 49.0. The Bertz CT molecular complexity index is 3570. The van der Waals surface area contributed by atoms with Crippen molar-refractivity contribution >= 4 is 34.7 Å². The Labute approximate surface area is 462 Å². The lowest BCUT2D eigenvalue weighted by Crippen LogP contribution is -2.36. The number of aryl methyl sites for hydroxylation is 2. The number of rotatable bonds is 4. The van der Waals surface area contributed by atoms with Crippen LogP contribution in [0, 0.1) is 11.3 Å². The molecule has 8 N–H and O–H groups in total. The first kappa shape index (κ1) is 49.9. The Kier molecular flexibility index (Phi) is 12.5. The van der Waals surface area contributed by atoms with Crippen LogP contribution in [-0.4, -0.2) is 58.5 Å². The fourth-order valence-electron chi connectivity index (χ4n) is 13.4. The summed E-state index contributed by atoms with van der Waals surface area (Å²) in [6.45, 7) is 4.63. The molecule has 0 radical (unpaired) electrons. The number of aromatic carboxylic acids is 2. The van der Waals surface area contributed by atoms with Crippen LogP contribution >= 0.6 is 0 Å². The summed E-state index contributed by atoms with van der Waals surface area (Å²) < 4.78 is 18.7. The molecule has 0 saturated carbocycles. The normalized spacial score (nSPS) is 15.9. The van der Waals surface area contributed by atoms with Gasteiger partial charge in [-0.25, -0.2) is 9.59 Å². The first-order valence-corrected chi connectivity index (χ1v) is 27.3. The molecule has 0 unspecified atom stereocenters. The molecule has 0 spiro atoms. The topological polar surface area (TPSA) is 225 Å². The number of phenolic OH excluding ortho intramolecular Hbond substituents is 2. The Morgan fingerprint density at radius 3 is 1.27 bits per heavy atom. The molecule has 7 heterocycles. The summed E-state index contributed by atoms with van der Waals surface area (Å²) in [4.78, 5) is 28.5. The lowest BCUT2D eigenvalue weighted by atomic mass is 9.79. The van der Waals surface area contributed by atoms with Crippen molar-refractivity contribution in [2.75, 3.05) is 47.4 Å². The molecule has 0 atom stereocenters. The number of aromatic hydroxyl groups is 2. The van der Waals surface area contributed by atoms with E-state index < -0.39 is 11.9 Å². The summed E-state index contributed by atoms with van der Waals surface area (Å²) in [7, 11) is 0. The highest BCUT2D eigenvalue weighted by atomic mass is 16.5. The van der Waals surface area contributed by atoms with E-state index in [-0.39, 0.29) is 40.4 Å². The van der Waals surface area contributed by atoms with Crippen LogP contribution in [-0.2, 0) is 25.7 Å². The highest BCUT2D eigenvalue weighted by Gasteiger charge is 2.40. The average molecular weight is 1060 g/mol. The number of benzene rings is 8. The molecule has 0 bridgehead atoms. The van der Waals surface area contributed by atoms with E-state index in [2.05, 4.69) is 28.0 Å². The second kappa shape index (κ2) is 20.0. The first-order valence-electron chi connectivity index (χ1n) is 27.3. The Morgan fingerprint density at radius 1 is 0.475 bits per heavy atom. The van der Waals surface area contributed by atoms with Crippen molar-refractivity contribution in [1.29, 1.82) is 5.26 Å². The number of anilines is 4. The minimum Gasteiger partial charge on any atom is -0.508 e. The van der Waals surface area contributed by atoms with Gasteiger partial charge in [0.1, 0.15) is 51.9 Å². The van der Waals surface area contributed by atoms with Gasteiger partial charge in [-0.15, -0.1) is 0 Å². The molecular formula is C66H57N5O9. The monoisotopic (exact) mass is 1060 g/mol. The molecule has 0 amide bonds. The third kappa shape index (κ3) is 8.57. The highest BCUT2D eigenvalue weighted by molar-refractivity contribution is 5.91. The van der Waals surface area contributed by atoms with Crippen molar-refractivity contribution < 1.29 is 44.2 Å². The van der Waals surface area contributed by atoms with Crippen LogP contribution in [0.4, 0.5) is 22.7 Å². The van der Waals surface area contributed by atoms with Crippen LogP contribution in [0.3, 0.4) is 0 Å². The third-order valence-electron chi connectivity index (χ3n) is 16.7. The molecule has 8 aromatic rings. The van der Waals surface area contributed by atoms with Gasteiger partial charge in [-0.05, 0) is 122 Å². The number of nitriles is 1. The van der Waals surface area contributed by atoms with E-state index in [1.165, 1.54) is 71.4 Å². The van der Waals surface area contributed by atoms with Crippen molar-refractivity contribution in [3.8, 4) is 52.1 Å². The molecule has 0 fully saturated rings. The number of carbonyl (C=O) groups is 2. The molecule has 14 heteroatoms. The van der Waals surface area contributed by atoms with Crippen LogP contribution in [0.1, 0.15) is 131 Å². The SMILES string of the molecule is N#CC1c2cc3c4c(c2Oc2c1cc1c5c2CCCN5CCC1)CCCN4CCC3.Nc1ccc2c(c1)Oc1cc(N)ccc1C2c1ccccc1C(=O)O.O=C(O)c1ccccc1C1c2ccc(O)cc2Oc2cc(O)ccc21. The molecule has 7 aliphatic heterocycles. The van der Waals surface area contributed by atoms with Crippen molar-refractivity contribution in [3.05, 3.63) is 211 Å². The van der Waals surface area contributed by atoms with Crippen LogP contribution in [0.2, 0.25) is 0 Å². The molecule has 7 aliphatic rings. The van der Waals surface area contributed by atoms with Gasteiger partial charge < -0.3 is 55.9 Å². The predicted molar refractivity (Wildman–Crippen MR) is 305 cm³/mol. The number of fused-ring (bicyclic) bond motifs is 8. The van der Waals surface area contributed by atoms with Crippen molar-refractivity contribution in [2.45, 2.75) is 69.1 Å². The Balaban J connectivity index is 0.000000114. The number of carboxylic acids is 2. The minimum atomic E-state index is -1.01.